The average Bonchev–Trinajstić information content (AvgIpc) is 2.18. The van der Waals surface area contributed by atoms with Crippen molar-refractivity contribution in [1.82, 2.24) is 0 Å². The molecule has 1 atom stereocenters. The van der Waals surface area contributed by atoms with E-state index in [2.05, 4.69) is 27.7 Å². The Kier molecular flexibility index (Phi) is 5.15. The van der Waals surface area contributed by atoms with Gasteiger partial charge in [-0.15, -0.1) is 0 Å². The van der Waals surface area contributed by atoms with E-state index in [9.17, 15) is 0 Å². The number of rotatable bonds is 5. The highest BCUT2D eigenvalue weighted by molar-refractivity contribution is 4.79. The van der Waals surface area contributed by atoms with Crippen LogP contribution in [0.2, 0.25) is 0 Å². The number of hydrogen-bond acceptors (Lipinski definition) is 0. The average molecular weight is 210 g/mol. The van der Waals surface area contributed by atoms with E-state index in [1.165, 1.54) is 51.4 Å². The molecule has 0 heterocycles. The second-order valence-corrected chi connectivity index (χ2v) is 6.47. The van der Waals surface area contributed by atoms with E-state index in [-0.39, 0.29) is 0 Å². The van der Waals surface area contributed by atoms with Gasteiger partial charge in [0, 0.05) is 0 Å². The molecule has 0 radical (unpaired) electrons. The van der Waals surface area contributed by atoms with Crippen molar-refractivity contribution in [2.45, 2.75) is 79.1 Å². The predicted octanol–water partition coefficient (Wildman–Crippen LogP) is 5.42. The van der Waals surface area contributed by atoms with Crippen LogP contribution < -0.4 is 0 Å². The van der Waals surface area contributed by atoms with E-state index < -0.39 is 0 Å². The first-order chi connectivity index (χ1) is 7.06. The lowest BCUT2D eigenvalue weighted by atomic mass is 9.70. The van der Waals surface area contributed by atoms with Gasteiger partial charge in [0.15, 0.2) is 0 Å². The molecule has 1 fully saturated rings. The topological polar surface area (TPSA) is 0 Å². The summed E-state index contributed by atoms with van der Waals surface area (Å²) in [7, 11) is 0. The van der Waals surface area contributed by atoms with Crippen LogP contribution in [0.3, 0.4) is 0 Å². The van der Waals surface area contributed by atoms with Gasteiger partial charge in [0.05, 0.1) is 0 Å². The monoisotopic (exact) mass is 210 g/mol. The first-order valence-corrected chi connectivity index (χ1v) is 7.06. The summed E-state index contributed by atoms with van der Waals surface area (Å²) in [5, 5.41) is 0. The Hall–Kier alpha value is 0. The van der Waals surface area contributed by atoms with E-state index in [1.807, 2.05) is 0 Å². The smallest absolute Gasteiger partial charge is 0.0323 e. The van der Waals surface area contributed by atoms with Gasteiger partial charge < -0.3 is 0 Å². The molecule has 0 aromatic carbocycles. The molecule has 0 N–H and O–H groups in total. The molecule has 1 rings (SSSR count). The third-order valence-corrected chi connectivity index (χ3v) is 4.26. The zero-order chi connectivity index (χ0) is 11.3. The zero-order valence-electron chi connectivity index (χ0n) is 11.3. The van der Waals surface area contributed by atoms with Crippen LogP contribution in [0.15, 0.2) is 0 Å². The van der Waals surface area contributed by atoms with Crippen LogP contribution in [0.1, 0.15) is 79.1 Å². The van der Waals surface area contributed by atoms with Gasteiger partial charge in [-0.05, 0) is 30.1 Å². The minimum Gasteiger partial charge on any atom is -0.0649 e. The summed E-state index contributed by atoms with van der Waals surface area (Å²) in [6, 6.07) is 0. The van der Waals surface area contributed by atoms with E-state index in [1.54, 1.807) is 0 Å². The number of hydrogen-bond donors (Lipinski definition) is 0. The molecule has 0 nitrogen and oxygen atoms in total. The molecule has 1 aliphatic rings. The van der Waals surface area contributed by atoms with Crippen molar-refractivity contribution >= 4 is 0 Å². The van der Waals surface area contributed by atoms with Gasteiger partial charge in [-0.25, -0.2) is 0 Å². The summed E-state index contributed by atoms with van der Waals surface area (Å²) in [6.07, 6.45) is 11.8. The van der Waals surface area contributed by atoms with Gasteiger partial charge in [-0.2, -0.15) is 0 Å². The Labute approximate surface area is 96.8 Å². The second-order valence-electron chi connectivity index (χ2n) is 6.47. The minimum absolute atomic E-state index is 0.621. The lowest BCUT2D eigenvalue weighted by Gasteiger charge is -2.35. The van der Waals surface area contributed by atoms with Gasteiger partial charge >= 0.3 is 0 Å². The van der Waals surface area contributed by atoms with Crippen molar-refractivity contribution in [2.24, 2.45) is 17.3 Å². The van der Waals surface area contributed by atoms with Crippen molar-refractivity contribution in [2.75, 3.05) is 0 Å². The molecule has 1 aliphatic carbocycles. The molecular formula is C15H30. The van der Waals surface area contributed by atoms with Gasteiger partial charge in [0.1, 0.15) is 0 Å². The van der Waals surface area contributed by atoms with Crippen LogP contribution in [-0.4, -0.2) is 0 Å². The first kappa shape index (κ1) is 13.1. The molecule has 0 bridgehead atoms. The summed E-state index contributed by atoms with van der Waals surface area (Å²) < 4.78 is 0. The van der Waals surface area contributed by atoms with E-state index in [4.69, 9.17) is 0 Å². The Balaban J connectivity index is 2.42. The van der Waals surface area contributed by atoms with Crippen LogP contribution in [0.5, 0.6) is 0 Å². The van der Waals surface area contributed by atoms with E-state index in [0.29, 0.717) is 5.41 Å². The lowest BCUT2D eigenvalue weighted by molar-refractivity contribution is 0.163. The summed E-state index contributed by atoms with van der Waals surface area (Å²) in [4.78, 5) is 0. The molecule has 0 aromatic rings. The summed E-state index contributed by atoms with van der Waals surface area (Å²) >= 11 is 0. The highest BCUT2D eigenvalue weighted by Crippen LogP contribution is 2.40. The van der Waals surface area contributed by atoms with Crippen molar-refractivity contribution in [3.05, 3.63) is 0 Å². The van der Waals surface area contributed by atoms with Gasteiger partial charge in [0.25, 0.3) is 0 Å². The van der Waals surface area contributed by atoms with Gasteiger partial charge in [0.2, 0.25) is 0 Å². The lowest BCUT2D eigenvalue weighted by Crippen LogP contribution is -2.23. The van der Waals surface area contributed by atoms with E-state index >= 15 is 0 Å². The van der Waals surface area contributed by atoms with Crippen LogP contribution in [0.4, 0.5) is 0 Å². The fourth-order valence-electron chi connectivity index (χ4n) is 3.45. The van der Waals surface area contributed by atoms with Crippen molar-refractivity contribution < 1.29 is 0 Å². The van der Waals surface area contributed by atoms with Gasteiger partial charge in [-0.1, -0.05) is 66.2 Å². The molecule has 0 aromatic heterocycles. The maximum absolute atomic E-state index is 2.52. The minimum atomic E-state index is 0.621. The highest BCUT2D eigenvalue weighted by atomic mass is 14.3. The molecule has 0 saturated heterocycles. The van der Waals surface area contributed by atoms with Crippen molar-refractivity contribution in [3.63, 3.8) is 0 Å². The Morgan fingerprint density at radius 2 is 1.73 bits per heavy atom. The molecule has 15 heavy (non-hydrogen) atoms. The summed E-state index contributed by atoms with van der Waals surface area (Å²) in [6.45, 7) is 9.64. The van der Waals surface area contributed by atoms with Crippen molar-refractivity contribution in [1.29, 1.82) is 0 Å². The molecule has 0 heteroatoms. The summed E-state index contributed by atoms with van der Waals surface area (Å²) in [5.41, 5.74) is 0.621. The maximum atomic E-state index is 2.52. The van der Waals surface area contributed by atoms with Crippen LogP contribution in [0.25, 0.3) is 0 Å². The molecule has 0 spiro atoms. The molecule has 90 valence electrons. The molecule has 1 unspecified atom stereocenters. The highest BCUT2D eigenvalue weighted by Gasteiger charge is 2.27. The fourth-order valence-corrected chi connectivity index (χ4v) is 3.45. The summed E-state index contributed by atoms with van der Waals surface area (Å²) in [5.74, 6) is 1.90. The van der Waals surface area contributed by atoms with Gasteiger partial charge in [-0.3, -0.25) is 0 Å². The SMILES string of the molecule is CCC(C)(CC(C)C)CC1CCCCC1. The predicted molar refractivity (Wildman–Crippen MR) is 69.0 cm³/mol. The van der Waals surface area contributed by atoms with E-state index in [0.717, 1.165) is 11.8 Å². The van der Waals surface area contributed by atoms with Crippen molar-refractivity contribution in [3.8, 4) is 0 Å². The van der Waals surface area contributed by atoms with Crippen LogP contribution >= 0.6 is 0 Å². The largest absolute Gasteiger partial charge is 0.0649 e. The fraction of sp³-hybridized carbons (Fsp3) is 1.00. The molecule has 0 aliphatic heterocycles. The Morgan fingerprint density at radius 1 is 1.13 bits per heavy atom. The Bertz CT molecular complexity index is 165. The maximum Gasteiger partial charge on any atom is -0.0323 e. The second kappa shape index (κ2) is 5.92. The third-order valence-electron chi connectivity index (χ3n) is 4.26. The zero-order valence-corrected chi connectivity index (χ0v) is 11.3. The van der Waals surface area contributed by atoms with Crippen LogP contribution in [0, 0.1) is 17.3 Å². The molecule has 0 amide bonds. The molecular weight excluding hydrogens is 180 g/mol. The Morgan fingerprint density at radius 3 is 2.20 bits per heavy atom. The normalized spacial score (nSPS) is 23.0. The van der Waals surface area contributed by atoms with Crippen LogP contribution in [-0.2, 0) is 0 Å². The quantitative estimate of drug-likeness (QED) is 0.568. The standard InChI is InChI=1S/C15H30/c1-5-15(4,11-13(2)3)12-14-9-7-6-8-10-14/h13-14H,5-12H2,1-4H3. The third kappa shape index (κ3) is 4.57. The first-order valence-electron chi connectivity index (χ1n) is 7.06. The molecule has 1 saturated carbocycles.